The van der Waals surface area contributed by atoms with Gasteiger partial charge in [0.05, 0.1) is 11.5 Å². The maximum atomic E-state index is 12.0. The minimum absolute atomic E-state index is 0.0614. The van der Waals surface area contributed by atoms with Gasteiger partial charge in [0.1, 0.15) is 6.04 Å². The minimum Gasteiger partial charge on any atom is -0.464 e. The van der Waals surface area contributed by atoms with E-state index >= 15 is 0 Å². The molecular formula is C13H18N4O4. The van der Waals surface area contributed by atoms with Crippen LogP contribution in [0, 0.1) is 17.0 Å². The van der Waals surface area contributed by atoms with Gasteiger partial charge in [-0.2, -0.15) is 0 Å². The fourth-order valence-electron chi connectivity index (χ4n) is 2.38. The maximum absolute atomic E-state index is 12.0. The number of anilines is 1. The van der Waals surface area contributed by atoms with Crippen molar-refractivity contribution in [2.45, 2.75) is 19.9 Å². The Labute approximate surface area is 122 Å². The molecule has 0 aromatic carbocycles. The predicted molar refractivity (Wildman–Crippen MR) is 76.3 cm³/mol. The standard InChI is InChI=1S/C13H18N4O4/c1-3-21-13(18)10-8-14-6-7-16(10)12-11(17(19)20)9(2)4-5-15-12/h4-5,10,14H,3,6-8H2,1-2H3. The van der Waals surface area contributed by atoms with Crippen molar-refractivity contribution >= 4 is 17.5 Å². The molecule has 2 rings (SSSR count). The van der Waals surface area contributed by atoms with Crippen LogP contribution in [-0.2, 0) is 9.53 Å². The summed E-state index contributed by atoms with van der Waals surface area (Å²) in [6.45, 7) is 5.12. The first-order chi connectivity index (χ1) is 10.1. The van der Waals surface area contributed by atoms with Crippen LogP contribution in [0.3, 0.4) is 0 Å². The lowest BCUT2D eigenvalue weighted by Gasteiger charge is -2.35. The Morgan fingerprint density at radius 2 is 2.43 bits per heavy atom. The third-order valence-electron chi connectivity index (χ3n) is 3.36. The molecule has 1 atom stereocenters. The highest BCUT2D eigenvalue weighted by Gasteiger charge is 2.35. The molecule has 1 unspecified atom stereocenters. The van der Waals surface area contributed by atoms with E-state index < -0.39 is 16.9 Å². The summed E-state index contributed by atoms with van der Waals surface area (Å²) in [4.78, 5) is 28.7. The summed E-state index contributed by atoms with van der Waals surface area (Å²) in [6.07, 6.45) is 1.52. The molecule has 0 aliphatic carbocycles. The van der Waals surface area contributed by atoms with Gasteiger partial charge in [-0.1, -0.05) is 0 Å². The van der Waals surface area contributed by atoms with Crippen LogP contribution >= 0.6 is 0 Å². The molecule has 1 aromatic heterocycles. The molecule has 1 N–H and O–H groups in total. The van der Waals surface area contributed by atoms with E-state index in [4.69, 9.17) is 4.74 Å². The maximum Gasteiger partial charge on any atom is 0.330 e. The fourth-order valence-corrected chi connectivity index (χ4v) is 2.38. The van der Waals surface area contributed by atoms with Gasteiger partial charge in [0.25, 0.3) is 0 Å². The topological polar surface area (TPSA) is 97.6 Å². The number of piperazine rings is 1. The molecule has 1 fully saturated rings. The number of aryl methyl sites for hydroxylation is 1. The van der Waals surface area contributed by atoms with Gasteiger partial charge in [0.2, 0.25) is 5.82 Å². The minimum atomic E-state index is -0.605. The second-order valence-corrected chi connectivity index (χ2v) is 4.72. The van der Waals surface area contributed by atoms with E-state index in [1.807, 2.05) is 0 Å². The van der Waals surface area contributed by atoms with Gasteiger partial charge in [0, 0.05) is 31.4 Å². The Morgan fingerprint density at radius 3 is 3.10 bits per heavy atom. The number of nitrogens with zero attached hydrogens (tertiary/aromatic N) is 3. The number of hydrogen-bond donors (Lipinski definition) is 1. The van der Waals surface area contributed by atoms with E-state index in [0.29, 0.717) is 25.2 Å². The van der Waals surface area contributed by atoms with E-state index in [0.717, 1.165) is 0 Å². The zero-order valence-corrected chi connectivity index (χ0v) is 12.0. The molecule has 1 saturated heterocycles. The summed E-state index contributed by atoms with van der Waals surface area (Å²) >= 11 is 0. The van der Waals surface area contributed by atoms with Gasteiger partial charge < -0.3 is 15.0 Å². The van der Waals surface area contributed by atoms with Gasteiger partial charge in [-0.25, -0.2) is 9.78 Å². The lowest BCUT2D eigenvalue weighted by molar-refractivity contribution is -0.384. The van der Waals surface area contributed by atoms with Crippen LogP contribution in [-0.4, -0.2) is 48.2 Å². The van der Waals surface area contributed by atoms with Crippen LogP contribution in [0.15, 0.2) is 12.3 Å². The number of ether oxygens (including phenoxy) is 1. The molecule has 114 valence electrons. The normalized spacial score (nSPS) is 18.4. The predicted octanol–water partition coefficient (Wildman–Crippen LogP) is 0.640. The van der Waals surface area contributed by atoms with E-state index in [1.54, 1.807) is 24.8 Å². The van der Waals surface area contributed by atoms with Crippen LogP contribution in [0.1, 0.15) is 12.5 Å². The van der Waals surface area contributed by atoms with Gasteiger partial charge in [0.15, 0.2) is 0 Å². The first kappa shape index (κ1) is 15.2. The zero-order chi connectivity index (χ0) is 15.4. The van der Waals surface area contributed by atoms with E-state index in [2.05, 4.69) is 10.3 Å². The van der Waals surface area contributed by atoms with Crippen LogP contribution < -0.4 is 10.2 Å². The quantitative estimate of drug-likeness (QED) is 0.494. The number of hydrogen-bond acceptors (Lipinski definition) is 7. The zero-order valence-electron chi connectivity index (χ0n) is 12.0. The Hall–Kier alpha value is -2.22. The molecule has 1 aromatic rings. The first-order valence-electron chi connectivity index (χ1n) is 6.80. The number of esters is 1. The Morgan fingerprint density at radius 1 is 1.67 bits per heavy atom. The summed E-state index contributed by atoms with van der Waals surface area (Å²) in [6, 6.07) is 0.982. The Kier molecular flexibility index (Phi) is 4.69. The molecule has 1 aliphatic rings. The van der Waals surface area contributed by atoms with Gasteiger partial charge in [-0.15, -0.1) is 0 Å². The van der Waals surface area contributed by atoms with Crippen molar-refractivity contribution in [3.63, 3.8) is 0 Å². The molecule has 0 saturated carbocycles. The number of nitro groups is 1. The third-order valence-corrected chi connectivity index (χ3v) is 3.36. The third kappa shape index (κ3) is 3.10. The molecular weight excluding hydrogens is 276 g/mol. The van der Waals surface area contributed by atoms with E-state index in [-0.39, 0.29) is 18.1 Å². The molecule has 1 aliphatic heterocycles. The lowest BCUT2D eigenvalue weighted by atomic mass is 10.1. The molecule has 21 heavy (non-hydrogen) atoms. The Bertz CT molecular complexity index is 549. The number of rotatable bonds is 4. The monoisotopic (exact) mass is 294 g/mol. The first-order valence-corrected chi connectivity index (χ1v) is 6.80. The number of carbonyl (C=O) groups is 1. The lowest BCUT2D eigenvalue weighted by Crippen LogP contribution is -2.56. The van der Waals surface area contributed by atoms with E-state index in [9.17, 15) is 14.9 Å². The summed E-state index contributed by atoms with van der Waals surface area (Å²) in [7, 11) is 0. The average Bonchev–Trinajstić information content (AvgIpc) is 2.47. The summed E-state index contributed by atoms with van der Waals surface area (Å²) < 4.78 is 5.05. The van der Waals surface area contributed by atoms with Crippen molar-refractivity contribution in [2.24, 2.45) is 0 Å². The van der Waals surface area contributed by atoms with Crippen molar-refractivity contribution in [1.29, 1.82) is 0 Å². The SMILES string of the molecule is CCOC(=O)C1CNCCN1c1nccc(C)c1[N+](=O)[O-]. The molecule has 0 spiro atoms. The Balaban J connectivity index is 2.40. The van der Waals surface area contributed by atoms with Crippen LogP contribution in [0.4, 0.5) is 11.5 Å². The number of carbonyl (C=O) groups excluding carboxylic acids is 1. The van der Waals surface area contributed by atoms with E-state index in [1.165, 1.54) is 6.20 Å². The van der Waals surface area contributed by atoms with Crippen molar-refractivity contribution in [3.05, 3.63) is 27.9 Å². The molecule has 0 radical (unpaired) electrons. The average molecular weight is 294 g/mol. The van der Waals surface area contributed by atoms with Gasteiger partial charge >= 0.3 is 11.7 Å². The molecule has 8 nitrogen and oxygen atoms in total. The summed E-state index contributed by atoms with van der Waals surface area (Å²) in [5, 5.41) is 14.4. The largest absolute Gasteiger partial charge is 0.464 e. The van der Waals surface area contributed by atoms with Gasteiger partial charge in [-0.05, 0) is 19.9 Å². The summed E-state index contributed by atoms with van der Waals surface area (Å²) in [5.41, 5.74) is 0.458. The molecule has 8 heteroatoms. The highest BCUT2D eigenvalue weighted by atomic mass is 16.6. The van der Waals surface area contributed by atoms with Crippen molar-refractivity contribution in [3.8, 4) is 0 Å². The number of pyridine rings is 1. The van der Waals surface area contributed by atoms with Crippen LogP contribution in [0.25, 0.3) is 0 Å². The molecule has 0 bridgehead atoms. The smallest absolute Gasteiger partial charge is 0.330 e. The second kappa shape index (κ2) is 6.49. The summed E-state index contributed by atoms with van der Waals surface area (Å²) in [5.74, 6) is -0.179. The van der Waals surface area contributed by atoms with Crippen molar-refractivity contribution in [2.75, 3.05) is 31.1 Å². The second-order valence-electron chi connectivity index (χ2n) is 4.72. The van der Waals surface area contributed by atoms with Crippen molar-refractivity contribution in [1.82, 2.24) is 10.3 Å². The number of aromatic nitrogens is 1. The van der Waals surface area contributed by atoms with Crippen LogP contribution in [0.5, 0.6) is 0 Å². The highest BCUT2D eigenvalue weighted by Crippen LogP contribution is 2.30. The molecule has 0 amide bonds. The number of nitrogens with one attached hydrogen (secondary N) is 1. The highest BCUT2D eigenvalue weighted by molar-refractivity contribution is 5.81. The van der Waals surface area contributed by atoms with Gasteiger partial charge in [-0.3, -0.25) is 10.1 Å². The van der Waals surface area contributed by atoms with Crippen LogP contribution in [0.2, 0.25) is 0 Å². The fraction of sp³-hybridized carbons (Fsp3) is 0.538. The van der Waals surface area contributed by atoms with Crippen molar-refractivity contribution < 1.29 is 14.5 Å². The molecule has 2 heterocycles.